The van der Waals surface area contributed by atoms with Crippen molar-refractivity contribution in [1.82, 2.24) is 4.90 Å². The van der Waals surface area contributed by atoms with E-state index < -0.39 is 0 Å². The largest absolute Gasteiger partial charge is 0.492 e. The summed E-state index contributed by atoms with van der Waals surface area (Å²) in [5.74, 6) is 1.91. The van der Waals surface area contributed by atoms with E-state index in [1.807, 2.05) is 24.3 Å². The fourth-order valence-corrected chi connectivity index (χ4v) is 3.34. The van der Waals surface area contributed by atoms with Crippen LogP contribution in [0.3, 0.4) is 0 Å². The third-order valence-electron chi connectivity index (χ3n) is 4.30. The van der Waals surface area contributed by atoms with E-state index >= 15 is 0 Å². The number of fused-ring (bicyclic) bond motifs is 2. The van der Waals surface area contributed by atoms with Crippen LogP contribution in [0, 0.1) is 5.92 Å². The lowest BCUT2D eigenvalue weighted by molar-refractivity contribution is 0.172. The van der Waals surface area contributed by atoms with E-state index in [1.165, 1.54) is 25.8 Å². The van der Waals surface area contributed by atoms with Crippen molar-refractivity contribution in [2.75, 3.05) is 19.7 Å². The molecule has 98 valence electrons. The number of nitrogens with zero attached hydrogens (tertiary/aromatic N) is 1. The molecule has 2 aliphatic rings. The molecule has 1 aliphatic heterocycles. The topological polar surface area (TPSA) is 38.5 Å². The molecular formula is C15H22N2O. The molecule has 2 bridgehead atoms. The monoisotopic (exact) mass is 246 g/mol. The summed E-state index contributed by atoms with van der Waals surface area (Å²) in [7, 11) is 0. The maximum Gasteiger partial charge on any atom is 0.119 e. The second-order valence-electron chi connectivity index (χ2n) is 5.53. The number of likely N-dealkylation sites (tertiary alicyclic amines) is 1. The lowest BCUT2D eigenvalue weighted by Crippen LogP contribution is -2.35. The van der Waals surface area contributed by atoms with E-state index in [9.17, 15) is 0 Å². The quantitative estimate of drug-likeness (QED) is 0.863. The third kappa shape index (κ3) is 2.52. The van der Waals surface area contributed by atoms with Crippen LogP contribution in [0.15, 0.2) is 24.3 Å². The van der Waals surface area contributed by atoms with E-state index in [0.29, 0.717) is 6.54 Å². The summed E-state index contributed by atoms with van der Waals surface area (Å²) in [5.41, 5.74) is 6.76. The Kier molecular flexibility index (Phi) is 3.52. The van der Waals surface area contributed by atoms with Crippen LogP contribution in [-0.2, 0) is 6.54 Å². The molecule has 3 rings (SSSR count). The normalized spacial score (nSPS) is 26.7. The lowest BCUT2D eigenvalue weighted by atomic mass is 10.1. The van der Waals surface area contributed by atoms with Gasteiger partial charge in [0.15, 0.2) is 0 Å². The fraction of sp³-hybridized carbons (Fsp3) is 0.600. The van der Waals surface area contributed by atoms with Gasteiger partial charge in [-0.1, -0.05) is 12.1 Å². The van der Waals surface area contributed by atoms with Crippen LogP contribution in [0.25, 0.3) is 0 Å². The van der Waals surface area contributed by atoms with Crippen molar-refractivity contribution in [2.24, 2.45) is 11.7 Å². The summed E-state index contributed by atoms with van der Waals surface area (Å²) in [6, 6.07) is 8.93. The van der Waals surface area contributed by atoms with Gasteiger partial charge in [0.05, 0.1) is 0 Å². The minimum absolute atomic E-state index is 0.576. The molecule has 0 spiro atoms. The minimum Gasteiger partial charge on any atom is -0.492 e. The molecular weight excluding hydrogens is 224 g/mol. The maximum atomic E-state index is 5.82. The van der Waals surface area contributed by atoms with Gasteiger partial charge in [-0.05, 0) is 42.9 Å². The molecule has 2 N–H and O–H groups in total. The SMILES string of the molecule is NCc1cccc(OCCN2CC3CCC2C3)c1. The maximum absolute atomic E-state index is 5.82. The van der Waals surface area contributed by atoms with Crippen molar-refractivity contribution in [2.45, 2.75) is 31.8 Å². The second kappa shape index (κ2) is 5.29. The van der Waals surface area contributed by atoms with Crippen molar-refractivity contribution >= 4 is 0 Å². The van der Waals surface area contributed by atoms with Gasteiger partial charge in [-0.25, -0.2) is 0 Å². The number of piperidine rings is 1. The highest BCUT2D eigenvalue weighted by Crippen LogP contribution is 2.36. The zero-order valence-corrected chi connectivity index (χ0v) is 10.8. The van der Waals surface area contributed by atoms with Crippen LogP contribution in [0.4, 0.5) is 0 Å². The molecule has 0 radical (unpaired) electrons. The number of ether oxygens (including phenoxy) is 1. The lowest BCUT2D eigenvalue weighted by Gasteiger charge is -2.26. The average Bonchev–Trinajstić information content (AvgIpc) is 3.01. The molecule has 1 aliphatic carbocycles. The van der Waals surface area contributed by atoms with E-state index in [2.05, 4.69) is 4.90 Å². The Bertz CT molecular complexity index is 407. The Morgan fingerprint density at radius 2 is 2.28 bits per heavy atom. The fourth-order valence-electron chi connectivity index (χ4n) is 3.34. The van der Waals surface area contributed by atoms with E-state index in [1.54, 1.807) is 0 Å². The Hall–Kier alpha value is -1.06. The Morgan fingerprint density at radius 3 is 3.00 bits per heavy atom. The molecule has 2 unspecified atom stereocenters. The first-order valence-corrected chi connectivity index (χ1v) is 7.01. The minimum atomic E-state index is 0.576. The predicted molar refractivity (Wildman–Crippen MR) is 72.5 cm³/mol. The van der Waals surface area contributed by atoms with Gasteiger partial charge in [0, 0.05) is 25.7 Å². The molecule has 0 amide bonds. The van der Waals surface area contributed by atoms with Crippen LogP contribution in [0.5, 0.6) is 5.75 Å². The Balaban J connectivity index is 1.46. The van der Waals surface area contributed by atoms with Gasteiger partial charge in [0.1, 0.15) is 12.4 Å². The van der Waals surface area contributed by atoms with E-state index in [4.69, 9.17) is 10.5 Å². The van der Waals surface area contributed by atoms with Crippen LogP contribution >= 0.6 is 0 Å². The molecule has 1 saturated heterocycles. The predicted octanol–water partition coefficient (Wildman–Crippen LogP) is 2.01. The first kappa shape index (κ1) is 12.0. The van der Waals surface area contributed by atoms with Gasteiger partial charge in [-0.2, -0.15) is 0 Å². The smallest absolute Gasteiger partial charge is 0.119 e. The summed E-state index contributed by atoms with van der Waals surface area (Å²) in [6.45, 7) is 3.72. The number of hydrogen-bond acceptors (Lipinski definition) is 3. The Morgan fingerprint density at radius 1 is 1.33 bits per heavy atom. The zero-order valence-electron chi connectivity index (χ0n) is 10.8. The van der Waals surface area contributed by atoms with Crippen LogP contribution in [0.1, 0.15) is 24.8 Å². The summed E-state index contributed by atoms with van der Waals surface area (Å²) >= 11 is 0. The van der Waals surface area contributed by atoms with Crippen molar-refractivity contribution in [3.63, 3.8) is 0 Å². The van der Waals surface area contributed by atoms with Crippen LogP contribution in [-0.4, -0.2) is 30.6 Å². The number of nitrogens with two attached hydrogens (primary N) is 1. The van der Waals surface area contributed by atoms with Crippen LogP contribution < -0.4 is 10.5 Å². The van der Waals surface area contributed by atoms with Gasteiger partial charge in [0.25, 0.3) is 0 Å². The van der Waals surface area contributed by atoms with Gasteiger partial charge >= 0.3 is 0 Å². The standard InChI is InChI=1S/C15H22N2O/c16-10-12-2-1-3-15(9-12)18-7-6-17-11-13-4-5-14(17)8-13/h1-3,9,13-14H,4-8,10-11,16H2. The number of rotatable bonds is 5. The summed E-state index contributed by atoms with van der Waals surface area (Å²) in [6.07, 6.45) is 4.26. The molecule has 2 atom stereocenters. The molecule has 1 aromatic rings. The van der Waals surface area contributed by atoms with E-state index in [-0.39, 0.29) is 0 Å². The van der Waals surface area contributed by atoms with E-state index in [0.717, 1.165) is 36.4 Å². The average molecular weight is 246 g/mol. The molecule has 3 nitrogen and oxygen atoms in total. The highest BCUT2D eigenvalue weighted by atomic mass is 16.5. The summed E-state index contributed by atoms with van der Waals surface area (Å²) in [4.78, 5) is 2.60. The molecule has 18 heavy (non-hydrogen) atoms. The third-order valence-corrected chi connectivity index (χ3v) is 4.30. The second-order valence-corrected chi connectivity index (χ2v) is 5.53. The molecule has 3 heteroatoms. The molecule has 0 aromatic heterocycles. The number of benzene rings is 1. The summed E-state index contributed by atoms with van der Waals surface area (Å²) in [5, 5.41) is 0. The molecule has 1 aromatic carbocycles. The van der Waals surface area contributed by atoms with Crippen molar-refractivity contribution < 1.29 is 4.74 Å². The number of hydrogen-bond donors (Lipinski definition) is 1. The molecule has 2 fully saturated rings. The van der Waals surface area contributed by atoms with Crippen molar-refractivity contribution in [3.05, 3.63) is 29.8 Å². The van der Waals surface area contributed by atoms with Crippen molar-refractivity contribution in [3.8, 4) is 5.75 Å². The first-order chi connectivity index (χ1) is 8.85. The van der Waals surface area contributed by atoms with Gasteiger partial charge in [-0.15, -0.1) is 0 Å². The summed E-state index contributed by atoms with van der Waals surface area (Å²) < 4.78 is 5.82. The highest BCUT2D eigenvalue weighted by Gasteiger charge is 2.37. The molecule has 1 saturated carbocycles. The molecule has 1 heterocycles. The van der Waals surface area contributed by atoms with Gasteiger partial charge < -0.3 is 10.5 Å². The Labute approximate surface area is 109 Å². The van der Waals surface area contributed by atoms with Gasteiger partial charge in [0.2, 0.25) is 0 Å². The van der Waals surface area contributed by atoms with Gasteiger partial charge in [-0.3, -0.25) is 4.90 Å². The first-order valence-electron chi connectivity index (χ1n) is 7.01. The zero-order chi connectivity index (χ0) is 12.4. The van der Waals surface area contributed by atoms with Crippen LogP contribution in [0.2, 0.25) is 0 Å². The highest BCUT2D eigenvalue weighted by molar-refractivity contribution is 5.28. The van der Waals surface area contributed by atoms with Crippen molar-refractivity contribution in [1.29, 1.82) is 0 Å².